The Morgan fingerprint density at radius 1 is 1.15 bits per heavy atom. The summed E-state index contributed by atoms with van der Waals surface area (Å²) in [5.41, 5.74) is 1.46. The van der Waals surface area contributed by atoms with Gasteiger partial charge in [-0.1, -0.05) is 12.1 Å². The van der Waals surface area contributed by atoms with Gasteiger partial charge >= 0.3 is 0 Å². The molecule has 2 aromatic carbocycles. The van der Waals surface area contributed by atoms with Crippen molar-refractivity contribution in [3.8, 4) is 23.0 Å². The van der Waals surface area contributed by atoms with Crippen molar-refractivity contribution in [2.75, 3.05) is 38.6 Å². The normalized spacial score (nSPS) is 15.1. The maximum absolute atomic E-state index is 12.4. The van der Waals surface area contributed by atoms with Crippen LogP contribution >= 0.6 is 0 Å². The first-order chi connectivity index (χ1) is 12.6. The number of para-hydroxylation sites is 2. The molecule has 0 fully saturated rings. The van der Waals surface area contributed by atoms with Gasteiger partial charge in [0.25, 0.3) is 0 Å². The van der Waals surface area contributed by atoms with E-state index in [1.807, 2.05) is 24.3 Å². The lowest BCUT2D eigenvalue weighted by Gasteiger charge is -2.27. The van der Waals surface area contributed by atoms with Crippen molar-refractivity contribution in [3.63, 3.8) is 0 Å². The monoisotopic (exact) mass is 358 g/mol. The molecule has 0 aromatic heterocycles. The molecule has 1 heterocycles. The van der Waals surface area contributed by atoms with Crippen molar-refractivity contribution in [1.29, 1.82) is 0 Å². The van der Waals surface area contributed by atoms with E-state index >= 15 is 0 Å². The molecule has 2 N–H and O–H groups in total. The van der Waals surface area contributed by atoms with Gasteiger partial charge in [-0.3, -0.25) is 4.79 Å². The van der Waals surface area contributed by atoms with Crippen LogP contribution in [0.25, 0.3) is 0 Å². The molecule has 7 nitrogen and oxygen atoms in total. The molecule has 1 atom stereocenters. The number of ether oxygens (including phenoxy) is 4. The number of carbonyl (C=O) groups excluding carboxylic acids is 1. The van der Waals surface area contributed by atoms with Gasteiger partial charge in [-0.2, -0.15) is 0 Å². The summed E-state index contributed by atoms with van der Waals surface area (Å²) in [6.07, 6.45) is 0.269. The Balaban J connectivity index is 1.67. The van der Waals surface area contributed by atoms with Crippen molar-refractivity contribution in [2.24, 2.45) is 0 Å². The highest BCUT2D eigenvalue weighted by atomic mass is 16.5. The first kappa shape index (κ1) is 17.7. The minimum absolute atomic E-state index is 0.105. The lowest BCUT2D eigenvalue weighted by atomic mass is 10.1. The summed E-state index contributed by atoms with van der Waals surface area (Å²) in [5, 5.41) is 6.19. The Bertz CT molecular complexity index is 768. The molecule has 1 amide bonds. The summed E-state index contributed by atoms with van der Waals surface area (Å²) >= 11 is 0. The summed E-state index contributed by atoms with van der Waals surface area (Å²) in [5.74, 6) is 2.10. The van der Waals surface area contributed by atoms with Crippen molar-refractivity contribution >= 4 is 17.3 Å². The van der Waals surface area contributed by atoms with Crippen LogP contribution in [0.15, 0.2) is 36.4 Å². The highest BCUT2D eigenvalue weighted by Crippen LogP contribution is 2.40. The molecule has 0 saturated heterocycles. The second-order valence-corrected chi connectivity index (χ2v) is 5.81. The molecule has 138 valence electrons. The fraction of sp³-hybridized carbons (Fsp3) is 0.316. The van der Waals surface area contributed by atoms with E-state index in [4.69, 9.17) is 18.9 Å². The zero-order valence-electron chi connectivity index (χ0n) is 15.0. The van der Waals surface area contributed by atoms with Gasteiger partial charge in [0, 0.05) is 17.8 Å². The number of hydrogen-bond acceptors (Lipinski definition) is 6. The third kappa shape index (κ3) is 3.77. The lowest BCUT2D eigenvalue weighted by molar-refractivity contribution is -0.116. The topological polar surface area (TPSA) is 78.1 Å². The third-order valence-electron chi connectivity index (χ3n) is 4.07. The van der Waals surface area contributed by atoms with Gasteiger partial charge in [0.2, 0.25) is 11.7 Å². The quantitative estimate of drug-likeness (QED) is 0.827. The minimum Gasteiger partial charge on any atom is -0.493 e. The Morgan fingerprint density at radius 2 is 1.85 bits per heavy atom. The molecule has 1 aliphatic rings. The molecule has 26 heavy (non-hydrogen) atoms. The van der Waals surface area contributed by atoms with Crippen LogP contribution in [0.3, 0.4) is 0 Å². The SMILES string of the molecule is COc1cc(NC(=O)CC2COc3ccccc3N2)cc(OC)c1OC. The van der Waals surface area contributed by atoms with Crippen molar-refractivity contribution in [3.05, 3.63) is 36.4 Å². The Hall–Kier alpha value is -3.09. The Labute approximate surface area is 152 Å². The number of fused-ring (bicyclic) bond motifs is 1. The second kappa shape index (κ2) is 7.86. The summed E-state index contributed by atoms with van der Waals surface area (Å²) in [7, 11) is 4.60. The molecule has 1 aliphatic heterocycles. The molecule has 7 heteroatoms. The zero-order chi connectivity index (χ0) is 18.5. The first-order valence-electron chi connectivity index (χ1n) is 8.22. The first-order valence-corrected chi connectivity index (χ1v) is 8.22. The van der Waals surface area contributed by atoms with E-state index in [2.05, 4.69) is 10.6 Å². The van der Waals surface area contributed by atoms with E-state index in [0.717, 1.165) is 11.4 Å². The summed E-state index contributed by atoms with van der Waals surface area (Å²) < 4.78 is 21.6. The van der Waals surface area contributed by atoms with Gasteiger partial charge in [0.15, 0.2) is 11.5 Å². The number of nitrogens with one attached hydrogen (secondary N) is 2. The number of anilines is 2. The van der Waals surface area contributed by atoms with Crippen LogP contribution in [-0.4, -0.2) is 39.9 Å². The predicted molar refractivity (Wildman–Crippen MR) is 98.7 cm³/mol. The van der Waals surface area contributed by atoms with Gasteiger partial charge in [-0.25, -0.2) is 0 Å². The number of methoxy groups -OCH3 is 3. The predicted octanol–water partition coefficient (Wildman–Crippen LogP) is 2.91. The smallest absolute Gasteiger partial charge is 0.226 e. The van der Waals surface area contributed by atoms with Gasteiger partial charge in [-0.15, -0.1) is 0 Å². The minimum atomic E-state index is -0.139. The Kier molecular flexibility index (Phi) is 5.36. The summed E-state index contributed by atoms with van der Waals surface area (Å²) in [6.45, 7) is 0.430. The molecule has 2 aromatic rings. The van der Waals surface area contributed by atoms with Crippen LogP contribution in [0.4, 0.5) is 11.4 Å². The Morgan fingerprint density at radius 3 is 2.50 bits per heavy atom. The largest absolute Gasteiger partial charge is 0.493 e. The van der Waals surface area contributed by atoms with E-state index in [-0.39, 0.29) is 18.4 Å². The highest BCUT2D eigenvalue weighted by molar-refractivity contribution is 5.92. The molecule has 0 spiro atoms. The fourth-order valence-electron chi connectivity index (χ4n) is 2.86. The average Bonchev–Trinajstić information content (AvgIpc) is 2.66. The molecule has 0 bridgehead atoms. The van der Waals surface area contributed by atoms with Gasteiger partial charge in [0.1, 0.15) is 12.4 Å². The second-order valence-electron chi connectivity index (χ2n) is 5.81. The summed E-state index contributed by atoms with van der Waals surface area (Å²) in [6, 6.07) is 10.9. The fourth-order valence-corrected chi connectivity index (χ4v) is 2.86. The maximum atomic E-state index is 12.4. The van der Waals surface area contributed by atoms with Gasteiger partial charge in [0.05, 0.1) is 39.5 Å². The van der Waals surface area contributed by atoms with E-state index in [9.17, 15) is 4.79 Å². The molecule has 0 radical (unpaired) electrons. The van der Waals surface area contributed by atoms with Crippen molar-refractivity contribution in [1.82, 2.24) is 0 Å². The van der Waals surface area contributed by atoms with Crippen LogP contribution in [0.5, 0.6) is 23.0 Å². The number of hydrogen-bond donors (Lipinski definition) is 2. The van der Waals surface area contributed by atoms with E-state index in [0.29, 0.717) is 29.5 Å². The van der Waals surface area contributed by atoms with E-state index in [1.165, 1.54) is 21.3 Å². The van der Waals surface area contributed by atoms with Crippen molar-refractivity contribution < 1.29 is 23.7 Å². The maximum Gasteiger partial charge on any atom is 0.226 e. The van der Waals surface area contributed by atoms with Crippen LogP contribution < -0.4 is 29.6 Å². The van der Waals surface area contributed by atoms with E-state index < -0.39 is 0 Å². The van der Waals surface area contributed by atoms with Gasteiger partial charge in [-0.05, 0) is 12.1 Å². The molecule has 1 unspecified atom stereocenters. The molecule has 0 saturated carbocycles. The third-order valence-corrected chi connectivity index (χ3v) is 4.07. The number of benzene rings is 2. The molecule has 0 aliphatic carbocycles. The highest BCUT2D eigenvalue weighted by Gasteiger charge is 2.22. The lowest BCUT2D eigenvalue weighted by Crippen LogP contribution is -2.35. The van der Waals surface area contributed by atoms with Crippen LogP contribution in [-0.2, 0) is 4.79 Å². The van der Waals surface area contributed by atoms with E-state index in [1.54, 1.807) is 12.1 Å². The average molecular weight is 358 g/mol. The van der Waals surface area contributed by atoms with Crippen LogP contribution in [0, 0.1) is 0 Å². The summed E-state index contributed by atoms with van der Waals surface area (Å²) in [4.78, 5) is 12.4. The number of carbonyl (C=O) groups is 1. The zero-order valence-corrected chi connectivity index (χ0v) is 15.0. The molecular weight excluding hydrogens is 336 g/mol. The number of rotatable bonds is 6. The van der Waals surface area contributed by atoms with Crippen molar-refractivity contribution in [2.45, 2.75) is 12.5 Å². The molecular formula is C19H22N2O5. The van der Waals surface area contributed by atoms with Crippen LogP contribution in [0.1, 0.15) is 6.42 Å². The van der Waals surface area contributed by atoms with Crippen LogP contribution in [0.2, 0.25) is 0 Å². The van der Waals surface area contributed by atoms with Gasteiger partial charge < -0.3 is 29.6 Å². The number of amides is 1. The standard InChI is InChI=1S/C19H22N2O5/c1-23-16-8-12(9-17(24-2)19(16)25-3)21-18(22)10-13-11-26-15-7-5-4-6-14(15)20-13/h4-9,13,20H,10-11H2,1-3H3,(H,21,22). The molecule has 3 rings (SSSR count).